The van der Waals surface area contributed by atoms with E-state index in [1.54, 1.807) is 6.20 Å². The third-order valence-electron chi connectivity index (χ3n) is 3.49. The number of nitrogens with one attached hydrogen (secondary N) is 1. The molecule has 0 radical (unpaired) electrons. The number of rotatable bonds is 4. The van der Waals surface area contributed by atoms with Crippen LogP contribution in [0.15, 0.2) is 47.5 Å². The Morgan fingerprint density at radius 3 is 2.62 bits per heavy atom. The number of aromatic nitrogens is 3. The standard InChI is InChI=1S/C16H17BrN4/c1-11(2)12-3-5-13(6-4-12)18-7-14-8-20-16-9-19-15(17)10-21(14)16/h3-6,8-11,18H,7H2,1-2H3. The van der Waals surface area contributed by atoms with Crippen molar-refractivity contribution in [3.05, 3.63) is 58.7 Å². The number of hydrogen-bond donors (Lipinski definition) is 1. The lowest BCUT2D eigenvalue weighted by molar-refractivity contribution is 0.866. The van der Waals surface area contributed by atoms with Crippen LogP contribution in [0.4, 0.5) is 5.69 Å². The maximum absolute atomic E-state index is 4.35. The summed E-state index contributed by atoms with van der Waals surface area (Å²) in [6.07, 6.45) is 5.56. The minimum atomic E-state index is 0.558. The Balaban J connectivity index is 1.75. The van der Waals surface area contributed by atoms with Crippen LogP contribution in [0.25, 0.3) is 5.65 Å². The molecule has 1 aromatic carbocycles. The fourth-order valence-electron chi connectivity index (χ4n) is 2.23. The van der Waals surface area contributed by atoms with Gasteiger partial charge >= 0.3 is 0 Å². The van der Waals surface area contributed by atoms with E-state index in [1.807, 2.05) is 16.8 Å². The SMILES string of the molecule is CC(C)c1ccc(NCc2cnc3cnc(Br)cn23)cc1. The summed E-state index contributed by atoms with van der Waals surface area (Å²) in [5.41, 5.74) is 4.42. The summed E-state index contributed by atoms with van der Waals surface area (Å²) in [5.74, 6) is 0.558. The van der Waals surface area contributed by atoms with Gasteiger partial charge in [-0.1, -0.05) is 26.0 Å². The van der Waals surface area contributed by atoms with Gasteiger partial charge in [-0.3, -0.25) is 4.40 Å². The molecule has 0 aliphatic rings. The zero-order chi connectivity index (χ0) is 14.8. The summed E-state index contributed by atoms with van der Waals surface area (Å²) in [7, 11) is 0. The molecule has 0 unspecified atom stereocenters. The van der Waals surface area contributed by atoms with Gasteiger partial charge in [0.25, 0.3) is 0 Å². The fourth-order valence-corrected chi connectivity index (χ4v) is 2.53. The number of nitrogens with zero attached hydrogens (tertiary/aromatic N) is 3. The molecular weight excluding hydrogens is 328 g/mol. The number of imidazole rings is 1. The van der Waals surface area contributed by atoms with Crippen molar-refractivity contribution < 1.29 is 0 Å². The lowest BCUT2D eigenvalue weighted by atomic mass is 10.0. The third kappa shape index (κ3) is 3.08. The first kappa shape index (κ1) is 14.1. The minimum Gasteiger partial charge on any atom is -0.379 e. The van der Waals surface area contributed by atoms with Crippen LogP contribution in [0.3, 0.4) is 0 Å². The Bertz CT molecular complexity index is 747. The van der Waals surface area contributed by atoms with E-state index in [4.69, 9.17) is 0 Å². The van der Waals surface area contributed by atoms with Gasteiger partial charge in [-0.2, -0.15) is 0 Å². The summed E-state index contributed by atoms with van der Waals surface area (Å²) in [5, 5.41) is 3.43. The molecule has 108 valence electrons. The monoisotopic (exact) mass is 344 g/mol. The molecule has 3 aromatic rings. The minimum absolute atomic E-state index is 0.558. The first-order chi connectivity index (χ1) is 10.1. The van der Waals surface area contributed by atoms with Crippen molar-refractivity contribution in [2.24, 2.45) is 0 Å². The molecule has 4 nitrogen and oxygen atoms in total. The van der Waals surface area contributed by atoms with E-state index in [-0.39, 0.29) is 0 Å². The average molecular weight is 345 g/mol. The zero-order valence-corrected chi connectivity index (χ0v) is 13.6. The number of anilines is 1. The molecule has 0 bridgehead atoms. The molecule has 0 saturated carbocycles. The molecule has 0 fully saturated rings. The first-order valence-electron chi connectivity index (χ1n) is 6.95. The Hall–Kier alpha value is -1.88. The van der Waals surface area contributed by atoms with E-state index < -0.39 is 0 Å². The number of hydrogen-bond acceptors (Lipinski definition) is 3. The summed E-state index contributed by atoms with van der Waals surface area (Å²) in [6.45, 7) is 5.12. The Labute approximate surface area is 132 Å². The Morgan fingerprint density at radius 2 is 1.90 bits per heavy atom. The van der Waals surface area contributed by atoms with E-state index in [2.05, 4.69) is 69.3 Å². The van der Waals surface area contributed by atoms with Gasteiger partial charge < -0.3 is 5.32 Å². The van der Waals surface area contributed by atoms with Gasteiger partial charge in [-0.05, 0) is 39.5 Å². The van der Waals surface area contributed by atoms with E-state index in [1.165, 1.54) is 5.56 Å². The maximum Gasteiger partial charge on any atom is 0.155 e. The predicted octanol–water partition coefficient (Wildman–Crippen LogP) is 4.23. The van der Waals surface area contributed by atoms with Crippen LogP contribution in [-0.2, 0) is 6.54 Å². The quantitative estimate of drug-likeness (QED) is 0.770. The molecule has 0 spiro atoms. The largest absolute Gasteiger partial charge is 0.379 e. The van der Waals surface area contributed by atoms with Crippen molar-refractivity contribution in [1.82, 2.24) is 14.4 Å². The molecule has 0 amide bonds. The van der Waals surface area contributed by atoms with Crippen LogP contribution >= 0.6 is 15.9 Å². The molecule has 0 aliphatic heterocycles. The van der Waals surface area contributed by atoms with Gasteiger partial charge in [0.05, 0.1) is 24.6 Å². The Morgan fingerprint density at radius 1 is 1.14 bits per heavy atom. The van der Waals surface area contributed by atoms with Gasteiger partial charge in [0.2, 0.25) is 0 Å². The van der Waals surface area contributed by atoms with Gasteiger partial charge in [0.15, 0.2) is 5.65 Å². The second-order valence-corrected chi connectivity index (χ2v) is 6.13. The van der Waals surface area contributed by atoms with Crippen molar-refractivity contribution in [3.63, 3.8) is 0 Å². The van der Waals surface area contributed by atoms with Gasteiger partial charge in [-0.25, -0.2) is 9.97 Å². The number of fused-ring (bicyclic) bond motifs is 1. The summed E-state index contributed by atoms with van der Waals surface area (Å²) < 4.78 is 2.84. The third-order valence-corrected chi connectivity index (χ3v) is 3.90. The van der Waals surface area contributed by atoms with Crippen LogP contribution in [0.5, 0.6) is 0 Å². The zero-order valence-electron chi connectivity index (χ0n) is 12.0. The van der Waals surface area contributed by atoms with Crippen LogP contribution in [-0.4, -0.2) is 14.4 Å². The fraction of sp³-hybridized carbons (Fsp3) is 0.250. The topological polar surface area (TPSA) is 42.2 Å². The highest BCUT2D eigenvalue weighted by Gasteiger charge is 2.04. The molecule has 0 aliphatic carbocycles. The molecule has 2 aromatic heterocycles. The molecule has 21 heavy (non-hydrogen) atoms. The summed E-state index contributed by atoms with van der Waals surface area (Å²) in [4.78, 5) is 8.53. The maximum atomic E-state index is 4.35. The van der Waals surface area contributed by atoms with Gasteiger partial charge in [0.1, 0.15) is 4.60 Å². The van der Waals surface area contributed by atoms with E-state index in [9.17, 15) is 0 Å². The molecular formula is C16H17BrN4. The molecule has 5 heteroatoms. The van der Waals surface area contributed by atoms with Crippen molar-refractivity contribution >= 4 is 27.3 Å². The normalized spacial score (nSPS) is 11.2. The molecule has 2 heterocycles. The van der Waals surface area contributed by atoms with E-state index >= 15 is 0 Å². The van der Waals surface area contributed by atoms with Crippen molar-refractivity contribution in [1.29, 1.82) is 0 Å². The lowest BCUT2D eigenvalue weighted by Crippen LogP contribution is -2.03. The highest BCUT2D eigenvalue weighted by molar-refractivity contribution is 9.10. The van der Waals surface area contributed by atoms with Gasteiger partial charge in [0, 0.05) is 11.9 Å². The van der Waals surface area contributed by atoms with Gasteiger partial charge in [-0.15, -0.1) is 0 Å². The van der Waals surface area contributed by atoms with Crippen LogP contribution < -0.4 is 5.32 Å². The number of halogens is 1. The molecule has 3 rings (SSSR count). The van der Waals surface area contributed by atoms with E-state index in [0.29, 0.717) is 5.92 Å². The first-order valence-corrected chi connectivity index (χ1v) is 7.74. The average Bonchev–Trinajstić information content (AvgIpc) is 2.88. The second-order valence-electron chi connectivity index (χ2n) is 5.32. The highest BCUT2D eigenvalue weighted by atomic mass is 79.9. The molecule has 1 N–H and O–H groups in total. The predicted molar refractivity (Wildman–Crippen MR) is 88.5 cm³/mol. The molecule has 0 saturated heterocycles. The van der Waals surface area contributed by atoms with Crippen LogP contribution in [0.1, 0.15) is 31.0 Å². The van der Waals surface area contributed by atoms with Crippen LogP contribution in [0, 0.1) is 0 Å². The molecule has 0 atom stereocenters. The number of benzene rings is 1. The second kappa shape index (κ2) is 5.85. The highest BCUT2D eigenvalue weighted by Crippen LogP contribution is 2.18. The summed E-state index contributed by atoms with van der Waals surface area (Å²) in [6, 6.07) is 8.58. The van der Waals surface area contributed by atoms with Crippen molar-refractivity contribution in [3.8, 4) is 0 Å². The lowest BCUT2D eigenvalue weighted by Gasteiger charge is -2.09. The van der Waals surface area contributed by atoms with Crippen molar-refractivity contribution in [2.75, 3.05) is 5.32 Å². The smallest absolute Gasteiger partial charge is 0.155 e. The van der Waals surface area contributed by atoms with Crippen LogP contribution in [0.2, 0.25) is 0 Å². The van der Waals surface area contributed by atoms with E-state index in [0.717, 1.165) is 28.2 Å². The summed E-state index contributed by atoms with van der Waals surface area (Å²) >= 11 is 3.39. The van der Waals surface area contributed by atoms with Crippen molar-refractivity contribution in [2.45, 2.75) is 26.3 Å². The Kier molecular flexibility index (Phi) is 3.92.